The van der Waals surface area contributed by atoms with Gasteiger partial charge in [-0.25, -0.2) is 0 Å². The molecule has 0 aliphatic rings. The van der Waals surface area contributed by atoms with Gasteiger partial charge in [0.05, 0.1) is 7.11 Å². The summed E-state index contributed by atoms with van der Waals surface area (Å²) in [6.07, 6.45) is 7.00. The summed E-state index contributed by atoms with van der Waals surface area (Å²) in [5, 5.41) is 0. The summed E-state index contributed by atoms with van der Waals surface area (Å²) in [6.45, 7) is 4.19. The van der Waals surface area contributed by atoms with Crippen molar-refractivity contribution >= 4 is 0 Å². The minimum atomic E-state index is 0.798. The van der Waals surface area contributed by atoms with Crippen molar-refractivity contribution in [2.75, 3.05) is 7.11 Å². The second kappa shape index (κ2) is 4.72. The fourth-order valence-corrected chi connectivity index (χ4v) is 1.55. The first-order valence-electron chi connectivity index (χ1n) is 4.77. The molecule has 1 rings (SSSR count). The lowest BCUT2D eigenvalue weighted by Gasteiger charge is -2.11. The second-order valence-corrected chi connectivity index (χ2v) is 3.38. The summed E-state index contributed by atoms with van der Waals surface area (Å²) in [5.41, 5.74) is 3.82. The minimum Gasteiger partial charge on any atom is -0.496 e. The molecule has 1 aromatic rings. The number of benzene rings is 1. The molecule has 0 bridgehead atoms. The summed E-state index contributed by atoms with van der Waals surface area (Å²) in [7, 11) is 1.70. The predicted molar refractivity (Wildman–Crippen MR) is 59.6 cm³/mol. The molecule has 0 atom stereocenters. The zero-order chi connectivity index (χ0) is 10.6. The number of terminal acetylenes is 1. The number of rotatable bonds is 3. The fraction of sp³-hybridized carbons (Fsp3) is 0.385. The van der Waals surface area contributed by atoms with Gasteiger partial charge in [-0.05, 0) is 43.0 Å². The Morgan fingerprint density at radius 3 is 2.57 bits per heavy atom. The normalized spacial score (nSPS) is 9.57. The van der Waals surface area contributed by atoms with E-state index in [0.717, 1.165) is 18.6 Å². The van der Waals surface area contributed by atoms with Crippen LogP contribution in [0.15, 0.2) is 12.1 Å². The molecule has 14 heavy (non-hydrogen) atoms. The summed E-state index contributed by atoms with van der Waals surface area (Å²) >= 11 is 0. The molecule has 0 aliphatic heterocycles. The van der Waals surface area contributed by atoms with Gasteiger partial charge in [0.2, 0.25) is 0 Å². The maximum absolute atomic E-state index is 5.25. The smallest absolute Gasteiger partial charge is 0.122 e. The second-order valence-electron chi connectivity index (χ2n) is 3.38. The maximum atomic E-state index is 5.25. The Balaban J connectivity index is 2.99. The highest BCUT2D eigenvalue weighted by Crippen LogP contribution is 2.24. The van der Waals surface area contributed by atoms with Crippen molar-refractivity contribution in [2.24, 2.45) is 0 Å². The molecule has 0 unspecified atom stereocenters. The van der Waals surface area contributed by atoms with Crippen LogP contribution in [0, 0.1) is 26.2 Å². The van der Waals surface area contributed by atoms with Crippen LogP contribution in [0.25, 0.3) is 0 Å². The number of methoxy groups -OCH3 is 1. The molecule has 0 N–H and O–H groups in total. The van der Waals surface area contributed by atoms with Crippen molar-refractivity contribution in [3.05, 3.63) is 28.8 Å². The van der Waals surface area contributed by atoms with Gasteiger partial charge in [-0.2, -0.15) is 0 Å². The highest BCUT2D eigenvalue weighted by Gasteiger charge is 2.05. The Morgan fingerprint density at radius 2 is 2.00 bits per heavy atom. The van der Waals surface area contributed by atoms with Crippen LogP contribution < -0.4 is 4.74 Å². The van der Waals surface area contributed by atoms with E-state index in [1.165, 1.54) is 16.7 Å². The molecular formula is C13H16O. The molecule has 0 spiro atoms. The third-order valence-electron chi connectivity index (χ3n) is 2.61. The Bertz CT molecular complexity index is 358. The maximum Gasteiger partial charge on any atom is 0.122 e. The minimum absolute atomic E-state index is 0.798. The molecule has 1 nitrogen and oxygen atoms in total. The van der Waals surface area contributed by atoms with E-state index in [9.17, 15) is 0 Å². The average Bonchev–Trinajstić information content (AvgIpc) is 2.20. The fourth-order valence-electron chi connectivity index (χ4n) is 1.55. The van der Waals surface area contributed by atoms with Gasteiger partial charge in [0.25, 0.3) is 0 Å². The van der Waals surface area contributed by atoms with Gasteiger partial charge in [0.15, 0.2) is 0 Å². The number of ether oxygens (including phenoxy) is 1. The van der Waals surface area contributed by atoms with Crippen LogP contribution >= 0.6 is 0 Å². The largest absolute Gasteiger partial charge is 0.496 e. The quantitative estimate of drug-likeness (QED) is 0.663. The van der Waals surface area contributed by atoms with Crippen molar-refractivity contribution in [1.29, 1.82) is 0 Å². The molecule has 0 heterocycles. The van der Waals surface area contributed by atoms with Crippen LogP contribution in [0.4, 0.5) is 0 Å². The molecule has 0 aliphatic carbocycles. The molecule has 0 saturated carbocycles. The van der Waals surface area contributed by atoms with Crippen molar-refractivity contribution in [1.82, 2.24) is 0 Å². The van der Waals surface area contributed by atoms with Gasteiger partial charge in [0.1, 0.15) is 5.75 Å². The lowest BCUT2D eigenvalue weighted by molar-refractivity contribution is 0.411. The third-order valence-corrected chi connectivity index (χ3v) is 2.61. The Kier molecular flexibility index (Phi) is 3.59. The first-order chi connectivity index (χ1) is 6.70. The van der Waals surface area contributed by atoms with Crippen molar-refractivity contribution in [2.45, 2.75) is 26.7 Å². The van der Waals surface area contributed by atoms with Gasteiger partial charge in [-0.1, -0.05) is 6.07 Å². The first kappa shape index (κ1) is 10.7. The molecule has 0 amide bonds. The Labute approximate surface area is 86.1 Å². The topological polar surface area (TPSA) is 9.23 Å². The molecule has 74 valence electrons. The van der Waals surface area contributed by atoms with E-state index in [1.54, 1.807) is 7.11 Å². The lowest BCUT2D eigenvalue weighted by atomic mass is 9.99. The van der Waals surface area contributed by atoms with Crippen molar-refractivity contribution in [3.8, 4) is 18.1 Å². The standard InChI is InChI=1S/C13H16O/c1-5-6-7-12-8-9-13(14-4)11(3)10(12)2/h1,8-9H,6-7H2,2-4H3. The van der Waals surface area contributed by atoms with Crippen LogP contribution in [0.1, 0.15) is 23.1 Å². The highest BCUT2D eigenvalue weighted by atomic mass is 16.5. The summed E-state index contributed by atoms with van der Waals surface area (Å²) < 4.78 is 5.24. The van der Waals surface area contributed by atoms with E-state index in [1.807, 2.05) is 6.07 Å². The molecule has 0 radical (unpaired) electrons. The molecule has 0 saturated heterocycles. The Hall–Kier alpha value is -1.42. The van der Waals surface area contributed by atoms with E-state index in [0.29, 0.717) is 0 Å². The van der Waals surface area contributed by atoms with Gasteiger partial charge in [0, 0.05) is 6.42 Å². The van der Waals surface area contributed by atoms with Crippen molar-refractivity contribution in [3.63, 3.8) is 0 Å². The van der Waals surface area contributed by atoms with Crippen LogP contribution in [0.3, 0.4) is 0 Å². The molecule has 1 aromatic carbocycles. The molecule has 0 aromatic heterocycles. The van der Waals surface area contributed by atoms with Crippen LogP contribution in [0.2, 0.25) is 0 Å². The summed E-state index contributed by atoms with van der Waals surface area (Å²) in [4.78, 5) is 0. The third kappa shape index (κ3) is 2.09. The van der Waals surface area contributed by atoms with E-state index in [2.05, 4.69) is 25.8 Å². The number of aryl methyl sites for hydroxylation is 1. The summed E-state index contributed by atoms with van der Waals surface area (Å²) in [6, 6.07) is 4.10. The van der Waals surface area contributed by atoms with E-state index in [4.69, 9.17) is 11.2 Å². The van der Waals surface area contributed by atoms with E-state index < -0.39 is 0 Å². The van der Waals surface area contributed by atoms with Gasteiger partial charge >= 0.3 is 0 Å². The van der Waals surface area contributed by atoms with Gasteiger partial charge in [-0.3, -0.25) is 0 Å². The van der Waals surface area contributed by atoms with Crippen molar-refractivity contribution < 1.29 is 4.74 Å². The van der Waals surface area contributed by atoms with Gasteiger partial charge < -0.3 is 4.74 Å². The van der Waals surface area contributed by atoms with E-state index >= 15 is 0 Å². The van der Waals surface area contributed by atoms with Crippen LogP contribution in [-0.2, 0) is 6.42 Å². The summed E-state index contributed by atoms with van der Waals surface area (Å²) in [5.74, 6) is 3.61. The number of hydrogen-bond donors (Lipinski definition) is 0. The molecular weight excluding hydrogens is 172 g/mol. The average molecular weight is 188 g/mol. The SMILES string of the molecule is C#CCCc1ccc(OC)c(C)c1C. The van der Waals surface area contributed by atoms with Crippen LogP contribution in [-0.4, -0.2) is 7.11 Å². The van der Waals surface area contributed by atoms with Gasteiger partial charge in [-0.15, -0.1) is 12.3 Å². The first-order valence-corrected chi connectivity index (χ1v) is 4.77. The number of hydrogen-bond acceptors (Lipinski definition) is 1. The zero-order valence-corrected chi connectivity index (χ0v) is 9.05. The lowest BCUT2D eigenvalue weighted by Crippen LogP contribution is -1.95. The highest BCUT2D eigenvalue weighted by molar-refractivity contribution is 5.43. The van der Waals surface area contributed by atoms with Crippen LogP contribution in [0.5, 0.6) is 5.75 Å². The Morgan fingerprint density at radius 1 is 1.29 bits per heavy atom. The van der Waals surface area contributed by atoms with E-state index in [-0.39, 0.29) is 0 Å². The predicted octanol–water partition coefficient (Wildman–Crippen LogP) is 2.88. The monoisotopic (exact) mass is 188 g/mol. The molecule has 0 fully saturated rings. The molecule has 1 heteroatoms. The zero-order valence-electron chi connectivity index (χ0n) is 9.05.